The van der Waals surface area contributed by atoms with Crippen molar-refractivity contribution in [1.82, 2.24) is 5.06 Å². The van der Waals surface area contributed by atoms with E-state index in [1.807, 2.05) is 29.3 Å². The van der Waals surface area contributed by atoms with E-state index in [0.717, 1.165) is 30.2 Å². The van der Waals surface area contributed by atoms with Crippen molar-refractivity contribution in [3.63, 3.8) is 0 Å². The van der Waals surface area contributed by atoms with Gasteiger partial charge < -0.3 is 5.73 Å². The lowest BCUT2D eigenvalue weighted by molar-refractivity contribution is -0.140. The van der Waals surface area contributed by atoms with E-state index >= 15 is 0 Å². The number of rotatable bonds is 3. The average Bonchev–Trinajstić information content (AvgIpc) is 2.72. The molecule has 0 aliphatic carbocycles. The molecule has 0 amide bonds. The van der Waals surface area contributed by atoms with Gasteiger partial charge >= 0.3 is 0 Å². The molecule has 1 aliphatic heterocycles. The number of nitrogens with two attached hydrogens (primary N) is 1. The van der Waals surface area contributed by atoms with Gasteiger partial charge in [0.1, 0.15) is 0 Å². The summed E-state index contributed by atoms with van der Waals surface area (Å²) in [6, 6.07) is 7.90. The second kappa shape index (κ2) is 4.94. The maximum absolute atomic E-state index is 5.95. The van der Waals surface area contributed by atoms with Crippen LogP contribution in [-0.2, 0) is 4.84 Å². The highest BCUT2D eigenvalue weighted by Crippen LogP contribution is 2.25. The van der Waals surface area contributed by atoms with E-state index in [4.69, 9.17) is 22.2 Å². The quantitative estimate of drug-likeness (QED) is 0.857. The van der Waals surface area contributed by atoms with Crippen LogP contribution in [0.1, 0.15) is 18.0 Å². The summed E-state index contributed by atoms with van der Waals surface area (Å²) in [4.78, 5) is 5.51. The van der Waals surface area contributed by atoms with Gasteiger partial charge in [0.05, 0.1) is 12.6 Å². The highest BCUT2D eigenvalue weighted by molar-refractivity contribution is 6.30. The first-order valence-electron chi connectivity index (χ1n) is 5.16. The normalized spacial score (nSPS) is 19.3. The fraction of sp³-hybridized carbons (Fsp3) is 0.455. The molecular formula is C11H15ClN2O. The van der Waals surface area contributed by atoms with Crippen LogP contribution in [0.4, 0.5) is 0 Å². The molecule has 1 aromatic rings. The molecule has 1 aromatic carbocycles. The van der Waals surface area contributed by atoms with Gasteiger partial charge in [-0.3, -0.25) is 4.84 Å². The van der Waals surface area contributed by atoms with Crippen LogP contribution in [0.25, 0.3) is 0 Å². The fourth-order valence-electron chi connectivity index (χ4n) is 1.85. The number of hydroxylamine groups is 2. The highest BCUT2D eigenvalue weighted by atomic mass is 35.5. The minimum Gasteiger partial charge on any atom is -0.329 e. The Morgan fingerprint density at radius 1 is 1.53 bits per heavy atom. The molecule has 3 nitrogen and oxygen atoms in total. The molecule has 0 saturated carbocycles. The first-order valence-corrected chi connectivity index (χ1v) is 5.54. The largest absolute Gasteiger partial charge is 0.329 e. The lowest BCUT2D eigenvalue weighted by Gasteiger charge is -2.25. The summed E-state index contributed by atoms with van der Waals surface area (Å²) in [6.07, 6.45) is 1.07. The van der Waals surface area contributed by atoms with E-state index in [0.29, 0.717) is 6.54 Å². The van der Waals surface area contributed by atoms with Crippen LogP contribution in [0.2, 0.25) is 5.02 Å². The van der Waals surface area contributed by atoms with Crippen molar-refractivity contribution in [2.45, 2.75) is 12.5 Å². The van der Waals surface area contributed by atoms with Gasteiger partial charge in [0.2, 0.25) is 0 Å². The molecule has 1 heterocycles. The van der Waals surface area contributed by atoms with Gasteiger partial charge in [-0.25, -0.2) is 0 Å². The van der Waals surface area contributed by atoms with Gasteiger partial charge in [-0.05, 0) is 24.1 Å². The Bertz CT molecular complexity index is 326. The van der Waals surface area contributed by atoms with E-state index in [1.54, 1.807) is 0 Å². The van der Waals surface area contributed by atoms with Crippen molar-refractivity contribution in [2.75, 3.05) is 19.7 Å². The van der Waals surface area contributed by atoms with Gasteiger partial charge in [0.25, 0.3) is 0 Å². The SMILES string of the molecule is NCC(c1cccc(Cl)c1)N1CCCO1. The van der Waals surface area contributed by atoms with E-state index < -0.39 is 0 Å². The van der Waals surface area contributed by atoms with Crippen LogP contribution in [0.5, 0.6) is 0 Å². The van der Waals surface area contributed by atoms with Crippen molar-refractivity contribution in [3.05, 3.63) is 34.9 Å². The third-order valence-electron chi connectivity index (χ3n) is 2.58. The lowest BCUT2D eigenvalue weighted by atomic mass is 10.1. The molecule has 1 saturated heterocycles. The van der Waals surface area contributed by atoms with E-state index in [1.165, 1.54) is 0 Å². The van der Waals surface area contributed by atoms with Crippen molar-refractivity contribution in [1.29, 1.82) is 0 Å². The molecule has 0 bridgehead atoms. The molecule has 15 heavy (non-hydrogen) atoms. The maximum Gasteiger partial charge on any atom is 0.0724 e. The van der Waals surface area contributed by atoms with Crippen LogP contribution < -0.4 is 5.73 Å². The minimum atomic E-state index is 0.117. The second-order valence-corrected chi connectivity index (χ2v) is 4.07. The number of hydrogen-bond donors (Lipinski definition) is 1. The predicted octanol–water partition coefficient (Wildman–Crippen LogP) is 1.98. The molecule has 2 rings (SSSR count). The molecule has 0 aromatic heterocycles. The molecule has 0 radical (unpaired) electrons. The van der Waals surface area contributed by atoms with Crippen molar-refractivity contribution in [2.24, 2.45) is 5.73 Å². The van der Waals surface area contributed by atoms with Crippen LogP contribution in [0.3, 0.4) is 0 Å². The van der Waals surface area contributed by atoms with Crippen molar-refractivity contribution in [3.8, 4) is 0 Å². The number of hydrogen-bond acceptors (Lipinski definition) is 3. The van der Waals surface area contributed by atoms with Gasteiger partial charge in [-0.2, -0.15) is 5.06 Å². The Balaban J connectivity index is 2.18. The average molecular weight is 227 g/mol. The molecule has 2 N–H and O–H groups in total. The van der Waals surface area contributed by atoms with Gasteiger partial charge in [-0.1, -0.05) is 23.7 Å². The Morgan fingerprint density at radius 2 is 2.40 bits per heavy atom. The predicted molar refractivity (Wildman–Crippen MR) is 60.5 cm³/mol. The first kappa shape index (κ1) is 10.9. The summed E-state index contributed by atoms with van der Waals surface area (Å²) < 4.78 is 0. The highest BCUT2D eigenvalue weighted by Gasteiger charge is 2.23. The van der Waals surface area contributed by atoms with Crippen molar-refractivity contribution < 1.29 is 4.84 Å². The molecule has 82 valence electrons. The van der Waals surface area contributed by atoms with E-state index in [2.05, 4.69) is 0 Å². The third kappa shape index (κ3) is 2.49. The summed E-state index contributed by atoms with van der Waals surface area (Å²) in [5.41, 5.74) is 6.89. The lowest BCUT2D eigenvalue weighted by Crippen LogP contribution is -2.30. The molecular weight excluding hydrogens is 212 g/mol. The van der Waals surface area contributed by atoms with Gasteiger partial charge in [0.15, 0.2) is 0 Å². The molecule has 1 unspecified atom stereocenters. The zero-order valence-corrected chi connectivity index (χ0v) is 9.28. The van der Waals surface area contributed by atoms with Crippen LogP contribution in [0.15, 0.2) is 24.3 Å². The maximum atomic E-state index is 5.95. The first-order chi connectivity index (χ1) is 7.31. The summed E-state index contributed by atoms with van der Waals surface area (Å²) in [5.74, 6) is 0. The fourth-order valence-corrected chi connectivity index (χ4v) is 2.05. The second-order valence-electron chi connectivity index (χ2n) is 3.63. The molecule has 1 aliphatic rings. The summed E-state index contributed by atoms with van der Waals surface area (Å²) in [6.45, 7) is 2.27. The Morgan fingerprint density at radius 3 is 3.00 bits per heavy atom. The number of halogens is 1. The molecule has 4 heteroatoms. The summed E-state index contributed by atoms with van der Waals surface area (Å²) >= 11 is 5.95. The third-order valence-corrected chi connectivity index (χ3v) is 2.82. The Kier molecular flexibility index (Phi) is 3.59. The van der Waals surface area contributed by atoms with Gasteiger partial charge in [0, 0.05) is 18.1 Å². The Hall–Kier alpha value is -0.610. The smallest absolute Gasteiger partial charge is 0.0724 e. The molecule has 0 spiro atoms. The zero-order chi connectivity index (χ0) is 10.7. The number of nitrogens with zero attached hydrogens (tertiary/aromatic N) is 1. The molecule has 1 fully saturated rings. The minimum absolute atomic E-state index is 0.117. The van der Waals surface area contributed by atoms with Crippen LogP contribution in [0, 0.1) is 0 Å². The zero-order valence-electron chi connectivity index (χ0n) is 8.53. The summed E-state index contributed by atoms with van der Waals surface area (Å²) in [5, 5.41) is 2.69. The molecule has 1 atom stereocenters. The standard InChI is InChI=1S/C11H15ClN2O/c12-10-4-1-3-9(7-10)11(8-13)14-5-2-6-15-14/h1,3-4,7,11H,2,5-6,8,13H2. The number of benzene rings is 1. The Labute approximate surface area is 94.7 Å². The topological polar surface area (TPSA) is 38.5 Å². The summed E-state index contributed by atoms with van der Waals surface area (Å²) in [7, 11) is 0. The van der Waals surface area contributed by atoms with Crippen LogP contribution >= 0.6 is 11.6 Å². The van der Waals surface area contributed by atoms with E-state index in [9.17, 15) is 0 Å². The monoisotopic (exact) mass is 226 g/mol. The van der Waals surface area contributed by atoms with Crippen LogP contribution in [-0.4, -0.2) is 24.8 Å². The van der Waals surface area contributed by atoms with Gasteiger partial charge in [-0.15, -0.1) is 0 Å². The van der Waals surface area contributed by atoms with E-state index in [-0.39, 0.29) is 6.04 Å². The van der Waals surface area contributed by atoms with Crippen molar-refractivity contribution >= 4 is 11.6 Å².